The molecule has 2 rings (SSSR count). The van der Waals surface area contributed by atoms with Gasteiger partial charge in [0.2, 0.25) is 0 Å². The van der Waals surface area contributed by atoms with Crippen LogP contribution in [0.3, 0.4) is 0 Å². The molecule has 3 nitrogen and oxygen atoms in total. The van der Waals surface area contributed by atoms with Crippen LogP contribution in [-0.4, -0.2) is 24.2 Å². The van der Waals surface area contributed by atoms with Crippen molar-refractivity contribution in [2.45, 2.75) is 6.42 Å². The van der Waals surface area contributed by atoms with Gasteiger partial charge in [-0.15, -0.1) is 12.4 Å². The predicted octanol–water partition coefficient (Wildman–Crippen LogP) is 2.32. The van der Waals surface area contributed by atoms with Crippen molar-refractivity contribution in [1.82, 2.24) is 5.32 Å². The highest BCUT2D eigenvalue weighted by Crippen LogP contribution is 2.21. The topological polar surface area (TPSA) is 49.3 Å². The number of halogens is 2. The molecule has 0 saturated carbocycles. The van der Waals surface area contributed by atoms with E-state index in [0.29, 0.717) is 0 Å². The Morgan fingerprint density at radius 1 is 1.41 bits per heavy atom. The highest BCUT2D eigenvalue weighted by Gasteiger charge is 2.12. The minimum absolute atomic E-state index is 0. The van der Waals surface area contributed by atoms with Crippen LogP contribution in [0.15, 0.2) is 24.3 Å². The lowest BCUT2D eigenvalue weighted by Gasteiger charge is -2.14. The van der Waals surface area contributed by atoms with Crippen LogP contribution in [0.25, 0.3) is 5.57 Å². The fourth-order valence-corrected chi connectivity index (χ4v) is 1.77. The molecule has 0 bridgehead atoms. The van der Waals surface area contributed by atoms with Crippen LogP contribution < -0.4 is 5.32 Å². The third kappa shape index (κ3) is 3.05. The van der Waals surface area contributed by atoms with Gasteiger partial charge in [-0.25, -0.2) is 9.18 Å². The second-order valence-corrected chi connectivity index (χ2v) is 3.68. The highest BCUT2D eigenvalue weighted by atomic mass is 35.5. The first-order chi connectivity index (χ1) is 7.68. The SMILES string of the molecule is Cl.O=C(O)c1ccc(C2=CCNCC2)cc1F. The van der Waals surface area contributed by atoms with Crippen molar-refractivity contribution in [2.75, 3.05) is 13.1 Å². The summed E-state index contributed by atoms with van der Waals surface area (Å²) < 4.78 is 13.4. The molecule has 2 N–H and O–H groups in total. The average Bonchev–Trinajstić information content (AvgIpc) is 2.29. The van der Waals surface area contributed by atoms with Gasteiger partial charge in [-0.2, -0.15) is 0 Å². The molecule has 0 amide bonds. The summed E-state index contributed by atoms with van der Waals surface area (Å²) in [5.74, 6) is -1.91. The normalized spacial score (nSPS) is 14.8. The van der Waals surface area contributed by atoms with E-state index in [1.54, 1.807) is 6.07 Å². The maximum atomic E-state index is 13.4. The van der Waals surface area contributed by atoms with Crippen molar-refractivity contribution >= 4 is 23.9 Å². The van der Waals surface area contributed by atoms with Crippen LogP contribution in [-0.2, 0) is 0 Å². The van der Waals surface area contributed by atoms with Gasteiger partial charge in [0.15, 0.2) is 0 Å². The average molecular weight is 258 g/mol. The van der Waals surface area contributed by atoms with Crippen molar-refractivity contribution < 1.29 is 14.3 Å². The van der Waals surface area contributed by atoms with E-state index < -0.39 is 11.8 Å². The molecule has 0 aliphatic carbocycles. The fourth-order valence-electron chi connectivity index (χ4n) is 1.77. The molecule has 0 fully saturated rings. The lowest BCUT2D eigenvalue weighted by Crippen LogP contribution is -2.20. The smallest absolute Gasteiger partial charge is 0.338 e. The third-order valence-electron chi connectivity index (χ3n) is 2.63. The number of carboxylic acids is 1. The maximum Gasteiger partial charge on any atom is 0.338 e. The first-order valence-corrected chi connectivity index (χ1v) is 5.11. The monoisotopic (exact) mass is 257 g/mol. The molecule has 1 aromatic rings. The Balaban J connectivity index is 0.00000144. The van der Waals surface area contributed by atoms with Gasteiger partial charge < -0.3 is 10.4 Å². The van der Waals surface area contributed by atoms with Gasteiger partial charge in [0.1, 0.15) is 5.82 Å². The summed E-state index contributed by atoms with van der Waals surface area (Å²) in [5.41, 5.74) is 1.55. The first kappa shape index (κ1) is 13.7. The molecule has 0 spiro atoms. The summed E-state index contributed by atoms with van der Waals surface area (Å²) in [6.45, 7) is 1.64. The Morgan fingerprint density at radius 2 is 2.18 bits per heavy atom. The molecule has 5 heteroatoms. The molecule has 0 unspecified atom stereocenters. The number of carboxylic acid groups (broad SMARTS) is 1. The Morgan fingerprint density at radius 3 is 2.71 bits per heavy atom. The summed E-state index contributed by atoms with van der Waals surface area (Å²) >= 11 is 0. The molecule has 0 aromatic heterocycles. The van der Waals surface area contributed by atoms with Crippen molar-refractivity contribution in [3.63, 3.8) is 0 Å². The van der Waals surface area contributed by atoms with Gasteiger partial charge in [-0.3, -0.25) is 0 Å². The lowest BCUT2D eigenvalue weighted by molar-refractivity contribution is 0.0692. The van der Waals surface area contributed by atoms with Gasteiger partial charge in [-0.1, -0.05) is 12.1 Å². The van der Waals surface area contributed by atoms with Gasteiger partial charge >= 0.3 is 5.97 Å². The van der Waals surface area contributed by atoms with E-state index in [4.69, 9.17) is 5.11 Å². The standard InChI is InChI=1S/C12H12FNO2.ClH/c13-11-7-9(1-2-10(11)12(15)16)8-3-5-14-6-4-8;/h1-3,7,14H,4-6H2,(H,15,16);1H. The molecule has 1 aromatic carbocycles. The zero-order chi connectivity index (χ0) is 11.5. The number of aromatic carboxylic acids is 1. The summed E-state index contributed by atoms with van der Waals surface area (Å²) in [7, 11) is 0. The number of hydrogen-bond acceptors (Lipinski definition) is 2. The van der Waals surface area contributed by atoms with Gasteiger partial charge in [0.25, 0.3) is 0 Å². The molecule has 92 valence electrons. The van der Waals surface area contributed by atoms with Crippen LogP contribution >= 0.6 is 12.4 Å². The van der Waals surface area contributed by atoms with E-state index in [1.165, 1.54) is 12.1 Å². The van der Waals surface area contributed by atoms with E-state index in [1.807, 2.05) is 6.08 Å². The molecule has 17 heavy (non-hydrogen) atoms. The summed E-state index contributed by atoms with van der Waals surface area (Å²) in [6.07, 6.45) is 2.84. The third-order valence-corrected chi connectivity index (χ3v) is 2.63. The zero-order valence-electron chi connectivity index (χ0n) is 9.07. The molecule has 1 aliphatic rings. The fraction of sp³-hybridized carbons (Fsp3) is 0.250. The van der Waals surface area contributed by atoms with E-state index in [9.17, 15) is 9.18 Å². The Bertz CT molecular complexity index is 460. The second kappa shape index (κ2) is 5.80. The zero-order valence-corrected chi connectivity index (χ0v) is 9.89. The number of hydrogen-bond donors (Lipinski definition) is 2. The summed E-state index contributed by atoms with van der Waals surface area (Å²) in [4.78, 5) is 10.6. The number of benzene rings is 1. The highest BCUT2D eigenvalue weighted by molar-refractivity contribution is 5.88. The van der Waals surface area contributed by atoms with Crippen molar-refractivity contribution in [3.8, 4) is 0 Å². The van der Waals surface area contributed by atoms with Crippen LogP contribution in [0.5, 0.6) is 0 Å². The molecular formula is C12H13ClFNO2. The van der Waals surface area contributed by atoms with Crippen molar-refractivity contribution in [3.05, 3.63) is 41.2 Å². The lowest BCUT2D eigenvalue weighted by atomic mass is 9.99. The largest absolute Gasteiger partial charge is 0.478 e. The van der Waals surface area contributed by atoms with Gasteiger partial charge in [-0.05, 0) is 36.2 Å². The van der Waals surface area contributed by atoms with E-state index in [-0.39, 0.29) is 18.0 Å². The number of carbonyl (C=O) groups is 1. The minimum atomic E-state index is -1.23. The van der Waals surface area contributed by atoms with Crippen molar-refractivity contribution in [2.24, 2.45) is 0 Å². The van der Waals surface area contributed by atoms with E-state index in [0.717, 1.165) is 30.6 Å². The minimum Gasteiger partial charge on any atom is -0.478 e. The van der Waals surface area contributed by atoms with Crippen LogP contribution in [0.2, 0.25) is 0 Å². The van der Waals surface area contributed by atoms with E-state index >= 15 is 0 Å². The van der Waals surface area contributed by atoms with Gasteiger partial charge in [0, 0.05) is 6.54 Å². The molecule has 1 aliphatic heterocycles. The summed E-state index contributed by atoms with van der Waals surface area (Å²) in [5, 5.41) is 11.9. The van der Waals surface area contributed by atoms with E-state index in [2.05, 4.69) is 5.32 Å². The quantitative estimate of drug-likeness (QED) is 0.855. The Labute approximate surface area is 105 Å². The van der Waals surface area contributed by atoms with Crippen LogP contribution in [0, 0.1) is 5.82 Å². The Hall–Kier alpha value is -1.39. The molecule has 0 atom stereocenters. The second-order valence-electron chi connectivity index (χ2n) is 3.68. The summed E-state index contributed by atoms with van der Waals surface area (Å²) in [6, 6.07) is 4.26. The van der Waals surface area contributed by atoms with Crippen LogP contribution in [0.4, 0.5) is 4.39 Å². The number of rotatable bonds is 2. The molecule has 0 saturated heterocycles. The molecular weight excluding hydrogens is 245 g/mol. The van der Waals surface area contributed by atoms with Crippen molar-refractivity contribution in [1.29, 1.82) is 0 Å². The number of nitrogens with one attached hydrogen (secondary N) is 1. The molecule has 0 radical (unpaired) electrons. The first-order valence-electron chi connectivity index (χ1n) is 5.11. The molecule has 1 heterocycles. The van der Waals surface area contributed by atoms with Gasteiger partial charge in [0.05, 0.1) is 5.56 Å². The Kier molecular flexibility index (Phi) is 4.66. The van der Waals surface area contributed by atoms with Crippen LogP contribution in [0.1, 0.15) is 22.3 Å². The maximum absolute atomic E-state index is 13.4. The predicted molar refractivity (Wildman–Crippen MR) is 66.1 cm³/mol.